The van der Waals surface area contributed by atoms with Crippen LogP contribution in [0.25, 0.3) is 88.4 Å². The highest BCUT2D eigenvalue weighted by Crippen LogP contribution is 2.61. The van der Waals surface area contributed by atoms with Gasteiger partial charge in [0.1, 0.15) is 45.3 Å². The number of furan rings is 2. The number of benzene rings is 9. The second kappa shape index (κ2) is 13.3. The maximum atomic E-state index is 6.99. The lowest BCUT2D eigenvalue weighted by Gasteiger charge is -2.24. The van der Waals surface area contributed by atoms with Crippen LogP contribution in [0.5, 0.6) is 23.0 Å². The van der Waals surface area contributed by atoms with Gasteiger partial charge in [-0.25, -0.2) is 0 Å². The number of fused-ring (bicyclic) bond motifs is 14. The van der Waals surface area contributed by atoms with Crippen molar-refractivity contribution in [3.63, 3.8) is 0 Å². The second-order valence-corrected chi connectivity index (χ2v) is 18.4. The van der Waals surface area contributed by atoms with E-state index < -0.39 is 0 Å². The van der Waals surface area contributed by atoms with E-state index in [1.54, 1.807) is 0 Å². The van der Waals surface area contributed by atoms with Crippen molar-refractivity contribution in [1.29, 1.82) is 0 Å². The molecule has 0 bridgehead atoms. The van der Waals surface area contributed by atoms with E-state index in [2.05, 4.69) is 149 Å². The van der Waals surface area contributed by atoms with Crippen LogP contribution in [0.1, 0.15) is 49.9 Å². The molecular formula is C60H42O4. The quantitative estimate of drug-likeness (QED) is 0.167. The average molecular weight is 827 g/mol. The summed E-state index contributed by atoms with van der Waals surface area (Å²) >= 11 is 0. The van der Waals surface area contributed by atoms with Crippen LogP contribution >= 0.6 is 0 Å². The summed E-state index contributed by atoms with van der Waals surface area (Å²) in [5.41, 5.74) is 17.4. The van der Waals surface area contributed by atoms with Crippen molar-refractivity contribution >= 4 is 43.9 Å². The van der Waals surface area contributed by atoms with Crippen LogP contribution in [-0.2, 0) is 10.8 Å². The van der Waals surface area contributed by atoms with Crippen molar-refractivity contribution in [3.8, 4) is 67.5 Å². The molecule has 306 valence electrons. The molecule has 0 fully saturated rings. The highest BCUT2D eigenvalue weighted by molar-refractivity contribution is 6.20. The summed E-state index contributed by atoms with van der Waals surface area (Å²) in [6.45, 7) is 9.46. The Bertz CT molecular complexity index is 3440. The van der Waals surface area contributed by atoms with Gasteiger partial charge in [0.25, 0.3) is 0 Å². The standard InChI is InChI=1S/C60H42O4/c1-59(2)47-33-46-48(34-45(47)55-49(59)31-43(53-41-19-11-13-21-51(41)63-57(53)55)35-23-27-39(28-24-35)61-37-15-7-5-8-16-37)60(3,4)50-32-44(54-42-20-12-14-22-52(42)64-58(54)56(46)50)36-25-29-40(30-26-36)62-38-17-9-6-10-18-38/h5-34H,1-4H3. The molecule has 64 heavy (non-hydrogen) atoms. The lowest BCUT2D eigenvalue weighted by molar-refractivity contribution is 0.482. The lowest BCUT2D eigenvalue weighted by atomic mass is 9.78. The van der Waals surface area contributed by atoms with Crippen LogP contribution in [0.3, 0.4) is 0 Å². The summed E-state index contributed by atoms with van der Waals surface area (Å²) < 4.78 is 26.4. The summed E-state index contributed by atoms with van der Waals surface area (Å²) in [4.78, 5) is 0. The minimum absolute atomic E-state index is 0.332. The highest BCUT2D eigenvalue weighted by Gasteiger charge is 2.45. The third kappa shape index (κ3) is 5.29. The van der Waals surface area contributed by atoms with E-state index in [0.29, 0.717) is 0 Å². The fourth-order valence-corrected chi connectivity index (χ4v) is 10.8. The monoisotopic (exact) mass is 826 g/mol. The first-order valence-corrected chi connectivity index (χ1v) is 22.1. The molecule has 2 aliphatic carbocycles. The average Bonchev–Trinajstić information content (AvgIpc) is 4.02. The van der Waals surface area contributed by atoms with Gasteiger partial charge in [0.15, 0.2) is 0 Å². The van der Waals surface area contributed by atoms with Crippen molar-refractivity contribution in [2.45, 2.75) is 38.5 Å². The minimum atomic E-state index is -0.332. The molecule has 0 N–H and O–H groups in total. The molecule has 2 aromatic heterocycles. The van der Waals surface area contributed by atoms with Gasteiger partial charge in [0, 0.05) is 43.5 Å². The molecule has 9 aromatic carbocycles. The first-order valence-electron chi connectivity index (χ1n) is 22.1. The van der Waals surface area contributed by atoms with E-state index in [0.717, 1.165) is 89.1 Å². The van der Waals surface area contributed by atoms with E-state index in [1.807, 2.05) is 60.7 Å². The van der Waals surface area contributed by atoms with Gasteiger partial charge in [-0.15, -0.1) is 0 Å². The van der Waals surface area contributed by atoms with Crippen LogP contribution in [0.2, 0.25) is 0 Å². The van der Waals surface area contributed by atoms with Crippen LogP contribution in [-0.4, -0.2) is 0 Å². The van der Waals surface area contributed by atoms with E-state index in [4.69, 9.17) is 18.3 Å². The van der Waals surface area contributed by atoms with E-state index in [1.165, 1.54) is 44.5 Å². The molecule has 13 rings (SSSR count). The Morgan fingerprint density at radius 2 is 0.688 bits per heavy atom. The van der Waals surface area contributed by atoms with Crippen molar-refractivity contribution in [2.24, 2.45) is 0 Å². The SMILES string of the molecule is CC1(C)c2cc3c(cc2-c2c1cc(-c1ccc(Oc4ccccc4)cc1)c1c2oc2ccccc21)C(C)(C)c1cc(-c2ccc(Oc4ccccc4)cc2)c2c(oc4ccccc42)c1-3. The van der Waals surface area contributed by atoms with Crippen molar-refractivity contribution < 1.29 is 18.3 Å². The Hall–Kier alpha value is -7.82. The zero-order valence-electron chi connectivity index (χ0n) is 36.0. The van der Waals surface area contributed by atoms with E-state index in [9.17, 15) is 0 Å². The summed E-state index contributed by atoms with van der Waals surface area (Å²) in [5, 5.41) is 4.48. The summed E-state index contributed by atoms with van der Waals surface area (Å²) in [6.07, 6.45) is 0. The van der Waals surface area contributed by atoms with E-state index >= 15 is 0 Å². The largest absolute Gasteiger partial charge is 0.457 e. The highest BCUT2D eigenvalue weighted by atomic mass is 16.5. The maximum absolute atomic E-state index is 6.99. The zero-order chi connectivity index (χ0) is 42.9. The third-order valence-corrected chi connectivity index (χ3v) is 14.0. The van der Waals surface area contributed by atoms with Gasteiger partial charge in [0.2, 0.25) is 0 Å². The number of hydrogen-bond donors (Lipinski definition) is 0. The van der Waals surface area contributed by atoms with Crippen molar-refractivity contribution in [3.05, 3.63) is 204 Å². The Balaban J connectivity index is 0.989. The maximum Gasteiger partial charge on any atom is 0.144 e. The molecule has 0 amide bonds. The van der Waals surface area contributed by atoms with Crippen molar-refractivity contribution in [1.82, 2.24) is 0 Å². The van der Waals surface area contributed by atoms with Gasteiger partial charge in [-0.3, -0.25) is 0 Å². The predicted molar refractivity (Wildman–Crippen MR) is 260 cm³/mol. The Kier molecular flexibility index (Phi) is 7.67. The van der Waals surface area contributed by atoms with Gasteiger partial charge in [-0.2, -0.15) is 0 Å². The van der Waals surface area contributed by atoms with Gasteiger partial charge in [0.05, 0.1) is 0 Å². The smallest absolute Gasteiger partial charge is 0.144 e. The second-order valence-electron chi connectivity index (χ2n) is 18.4. The molecule has 0 spiro atoms. The molecular weight excluding hydrogens is 785 g/mol. The molecule has 0 unspecified atom stereocenters. The lowest BCUT2D eigenvalue weighted by Crippen LogP contribution is -2.17. The Morgan fingerprint density at radius 3 is 1.09 bits per heavy atom. The van der Waals surface area contributed by atoms with Crippen molar-refractivity contribution in [2.75, 3.05) is 0 Å². The van der Waals surface area contributed by atoms with Crippen LogP contribution < -0.4 is 9.47 Å². The fourth-order valence-electron chi connectivity index (χ4n) is 10.8. The number of ether oxygens (including phenoxy) is 2. The Labute approximate surface area is 370 Å². The Morgan fingerprint density at radius 1 is 0.344 bits per heavy atom. The molecule has 0 atom stereocenters. The van der Waals surface area contributed by atoms with Gasteiger partial charge in [-0.05, 0) is 141 Å². The van der Waals surface area contributed by atoms with E-state index in [-0.39, 0.29) is 10.8 Å². The molecule has 11 aromatic rings. The molecule has 0 saturated heterocycles. The van der Waals surface area contributed by atoms with Crippen LogP contribution in [0.4, 0.5) is 0 Å². The molecule has 2 heterocycles. The normalized spacial score (nSPS) is 14.2. The first-order chi connectivity index (χ1) is 31.2. The minimum Gasteiger partial charge on any atom is -0.457 e. The van der Waals surface area contributed by atoms with Crippen LogP contribution in [0, 0.1) is 0 Å². The first kappa shape index (κ1) is 36.8. The molecule has 2 aliphatic rings. The summed E-state index contributed by atoms with van der Waals surface area (Å²) in [6, 6.07) is 63.5. The predicted octanol–water partition coefficient (Wildman–Crippen LogP) is 17.0. The van der Waals surface area contributed by atoms with Gasteiger partial charge in [-0.1, -0.05) is 125 Å². The summed E-state index contributed by atoms with van der Waals surface area (Å²) in [7, 11) is 0. The molecule has 0 radical (unpaired) electrons. The molecule has 4 nitrogen and oxygen atoms in total. The van der Waals surface area contributed by atoms with Crippen LogP contribution in [0.15, 0.2) is 191 Å². The summed E-state index contributed by atoms with van der Waals surface area (Å²) in [5.74, 6) is 3.22. The topological polar surface area (TPSA) is 44.7 Å². The fraction of sp³-hybridized carbons (Fsp3) is 0.100. The third-order valence-electron chi connectivity index (χ3n) is 14.0. The molecule has 4 heteroatoms. The number of hydrogen-bond acceptors (Lipinski definition) is 4. The molecule has 0 saturated carbocycles. The molecule has 0 aliphatic heterocycles. The number of para-hydroxylation sites is 4. The van der Waals surface area contributed by atoms with Gasteiger partial charge < -0.3 is 18.3 Å². The van der Waals surface area contributed by atoms with Gasteiger partial charge >= 0.3 is 0 Å². The zero-order valence-corrected chi connectivity index (χ0v) is 36.0. The number of rotatable bonds is 6.